The van der Waals surface area contributed by atoms with E-state index in [4.69, 9.17) is 9.47 Å². The van der Waals surface area contributed by atoms with E-state index in [2.05, 4.69) is 11.0 Å². The highest BCUT2D eigenvalue weighted by atomic mass is 19.1. The number of nitrogens with zero attached hydrogens (tertiary/aromatic N) is 1. The second-order valence-corrected chi connectivity index (χ2v) is 6.52. The normalized spacial score (nSPS) is 21.5. The van der Waals surface area contributed by atoms with Gasteiger partial charge in [-0.05, 0) is 30.9 Å². The molecule has 0 radical (unpaired) electrons. The fourth-order valence-corrected chi connectivity index (χ4v) is 3.28. The molecule has 1 aromatic rings. The van der Waals surface area contributed by atoms with Gasteiger partial charge in [-0.1, -0.05) is 24.3 Å². The third kappa shape index (κ3) is 4.86. The molecule has 0 spiro atoms. The van der Waals surface area contributed by atoms with Crippen molar-refractivity contribution in [3.63, 3.8) is 0 Å². The smallest absolute Gasteiger partial charge is 0.130 e. The van der Waals surface area contributed by atoms with Crippen molar-refractivity contribution in [1.29, 1.82) is 0 Å². The Kier molecular flexibility index (Phi) is 6.37. The van der Waals surface area contributed by atoms with Crippen molar-refractivity contribution in [3.05, 3.63) is 41.7 Å². The zero-order valence-electron chi connectivity index (χ0n) is 14.0. The molecule has 1 aromatic carbocycles. The van der Waals surface area contributed by atoms with Crippen molar-refractivity contribution < 1.29 is 19.0 Å². The van der Waals surface area contributed by atoms with Gasteiger partial charge in [-0.3, -0.25) is 4.90 Å². The van der Waals surface area contributed by atoms with Gasteiger partial charge in [0.05, 0.1) is 18.8 Å². The van der Waals surface area contributed by atoms with E-state index in [-0.39, 0.29) is 11.9 Å². The molecule has 24 heavy (non-hydrogen) atoms. The van der Waals surface area contributed by atoms with Crippen LogP contribution < -0.4 is 0 Å². The minimum atomic E-state index is -0.490. The van der Waals surface area contributed by atoms with Crippen molar-refractivity contribution in [3.8, 4) is 0 Å². The molecule has 4 nitrogen and oxygen atoms in total. The standard InChI is InChI=1S/C19H26FNO3/c20-19-4-2-1-3-18(19)15-5-9-21(10-6-15)13-16(22)14-24-17-7-11-23-12-8-17/h1-5,16-17,22H,6-14H2. The number of aliphatic hydroxyl groups is 1. The minimum absolute atomic E-state index is 0.165. The first-order valence-corrected chi connectivity index (χ1v) is 8.76. The van der Waals surface area contributed by atoms with E-state index in [1.54, 1.807) is 6.07 Å². The Labute approximate surface area is 142 Å². The zero-order chi connectivity index (χ0) is 16.8. The minimum Gasteiger partial charge on any atom is -0.389 e. The molecule has 1 saturated heterocycles. The van der Waals surface area contributed by atoms with Crippen molar-refractivity contribution in [2.45, 2.75) is 31.5 Å². The van der Waals surface area contributed by atoms with Gasteiger partial charge < -0.3 is 14.6 Å². The predicted octanol–water partition coefficient (Wildman–Crippen LogP) is 2.47. The van der Waals surface area contributed by atoms with Gasteiger partial charge in [0.2, 0.25) is 0 Å². The lowest BCUT2D eigenvalue weighted by Gasteiger charge is -2.29. The molecular formula is C19H26FNO3. The molecule has 1 atom stereocenters. The number of β-amino-alcohol motifs (C(OH)–C–C–N with tert-alkyl or cyclic N) is 1. The molecule has 0 saturated carbocycles. The zero-order valence-corrected chi connectivity index (χ0v) is 14.0. The van der Waals surface area contributed by atoms with Gasteiger partial charge in [0.1, 0.15) is 5.82 Å². The average molecular weight is 335 g/mol. The molecule has 2 heterocycles. The van der Waals surface area contributed by atoms with Crippen LogP contribution in [-0.4, -0.2) is 61.7 Å². The van der Waals surface area contributed by atoms with Crippen LogP contribution in [-0.2, 0) is 9.47 Å². The lowest BCUT2D eigenvalue weighted by Crippen LogP contribution is -2.38. The largest absolute Gasteiger partial charge is 0.389 e. The molecule has 0 amide bonds. The number of hydrogen-bond donors (Lipinski definition) is 1. The van der Waals surface area contributed by atoms with Gasteiger partial charge in [-0.25, -0.2) is 4.39 Å². The molecule has 2 aliphatic rings. The summed E-state index contributed by atoms with van der Waals surface area (Å²) in [6.45, 7) is 4.01. The SMILES string of the molecule is OC(COC1CCOCC1)CN1CC=C(c2ccccc2F)CC1. The first kappa shape index (κ1) is 17.5. The van der Waals surface area contributed by atoms with Gasteiger partial charge in [0.25, 0.3) is 0 Å². The van der Waals surface area contributed by atoms with Crippen LogP contribution in [0.2, 0.25) is 0 Å². The fraction of sp³-hybridized carbons (Fsp3) is 0.579. The van der Waals surface area contributed by atoms with Crippen LogP contribution in [0.25, 0.3) is 5.57 Å². The highest BCUT2D eigenvalue weighted by Gasteiger charge is 2.20. The van der Waals surface area contributed by atoms with Crippen molar-refractivity contribution in [1.82, 2.24) is 4.90 Å². The monoisotopic (exact) mass is 335 g/mol. The lowest BCUT2D eigenvalue weighted by atomic mass is 9.99. The first-order valence-electron chi connectivity index (χ1n) is 8.76. The molecular weight excluding hydrogens is 309 g/mol. The van der Waals surface area contributed by atoms with E-state index in [0.717, 1.165) is 51.1 Å². The maximum Gasteiger partial charge on any atom is 0.130 e. The summed E-state index contributed by atoms with van der Waals surface area (Å²) in [5.74, 6) is -0.165. The van der Waals surface area contributed by atoms with Gasteiger partial charge in [-0.15, -0.1) is 0 Å². The van der Waals surface area contributed by atoms with Gasteiger partial charge >= 0.3 is 0 Å². The van der Waals surface area contributed by atoms with E-state index in [0.29, 0.717) is 18.7 Å². The Hall–Kier alpha value is -1.27. The second-order valence-electron chi connectivity index (χ2n) is 6.52. The van der Waals surface area contributed by atoms with E-state index in [1.165, 1.54) is 6.07 Å². The van der Waals surface area contributed by atoms with E-state index in [1.807, 2.05) is 12.1 Å². The van der Waals surface area contributed by atoms with Crippen LogP contribution >= 0.6 is 0 Å². The van der Waals surface area contributed by atoms with Crippen LogP contribution in [0.4, 0.5) is 4.39 Å². The topological polar surface area (TPSA) is 41.9 Å². The summed E-state index contributed by atoms with van der Waals surface area (Å²) in [4.78, 5) is 2.18. The summed E-state index contributed by atoms with van der Waals surface area (Å²) in [6, 6.07) is 6.90. The highest BCUT2D eigenvalue weighted by Crippen LogP contribution is 2.24. The van der Waals surface area contributed by atoms with Crippen molar-refractivity contribution in [2.75, 3.05) is 39.5 Å². The van der Waals surface area contributed by atoms with Gasteiger partial charge in [-0.2, -0.15) is 0 Å². The number of aliphatic hydroxyl groups excluding tert-OH is 1. The molecule has 5 heteroatoms. The lowest BCUT2D eigenvalue weighted by molar-refractivity contribution is -0.0637. The molecule has 2 aliphatic heterocycles. The molecule has 1 unspecified atom stereocenters. The summed E-state index contributed by atoms with van der Waals surface area (Å²) >= 11 is 0. The second kappa shape index (κ2) is 8.72. The molecule has 3 rings (SSSR count). The van der Waals surface area contributed by atoms with E-state index >= 15 is 0 Å². The summed E-state index contributed by atoms with van der Waals surface area (Å²) in [7, 11) is 0. The quantitative estimate of drug-likeness (QED) is 0.867. The number of hydrogen-bond acceptors (Lipinski definition) is 4. The third-order valence-corrected chi connectivity index (χ3v) is 4.67. The molecule has 0 aromatic heterocycles. The number of ether oxygens (including phenoxy) is 2. The summed E-state index contributed by atoms with van der Waals surface area (Å²) in [6.07, 6.45) is 4.40. The summed E-state index contributed by atoms with van der Waals surface area (Å²) in [5, 5.41) is 10.2. The van der Waals surface area contributed by atoms with Gasteiger partial charge in [0, 0.05) is 38.4 Å². The van der Waals surface area contributed by atoms with Crippen molar-refractivity contribution >= 4 is 5.57 Å². The van der Waals surface area contributed by atoms with E-state index in [9.17, 15) is 9.50 Å². The van der Waals surface area contributed by atoms with E-state index < -0.39 is 6.10 Å². The Bertz CT molecular complexity index is 557. The summed E-state index contributed by atoms with van der Waals surface area (Å²) in [5.41, 5.74) is 1.75. The highest BCUT2D eigenvalue weighted by molar-refractivity contribution is 5.66. The Morgan fingerprint density at radius 3 is 2.79 bits per heavy atom. The molecule has 0 aliphatic carbocycles. The maximum atomic E-state index is 13.8. The third-order valence-electron chi connectivity index (χ3n) is 4.67. The van der Waals surface area contributed by atoms with Crippen LogP contribution in [0, 0.1) is 5.82 Å². The Morgan fingerprint density at radius 1 is 1.29 bits per heavy atom. The van der Waals surface area contributed by atoms with Crippen LogP contribution in [0.5, 0.6) is 0 Å². The first-order chi connectivity index (χ1) is 11.7. The molecule has 132 valence electrons. The van der Waals surface area contributed by atoms with Crippen molar-refractivity contribution in [2.24, 2.45) is 0 Å². The molecule has 1 N–H and O–H groups in total. The van der Waals surface area contributed by atoms with Crippen LogP contribution in [0.15, 0.2) is 30.3 Å². The number of benzene rings is 1. The van der Waals surface area contributed by atoms with Gasteiger partial charge in [0.15, 0.2) is 0 Å². The Balaban J connectivity index is 1.43. The molecule has 1 fully saturated rings. The Morgan fingerprint density at radius 2 is 2.08 bits per heavy atom. The average Bonchev–Trinajstić information content (AvgIpc) is 2.62. The molecule has 0 bridgehead atoms. The fourth-order valence-electron chi connectivity index (χ4n) is 3.28. The van der Waals surface area contributed by atoms with Crippen LogP contribution in [0.3, 0.4) is 0 Å². The van der Waals surface area contributed by atoms with Crippen LogP contribution in [0.1, 0.15) is 24.8 Å². The predicted molar refractivity (Wildman–Crippen MR) is 91.2 cm³/mol. The number of rotatable bonds is 6. The maximum absolute atomic E-state index is 13.8. The summed E-state index contributed by atoms with van der Waals surface area (Å²) < 4.78 is 24.9. The number of halogens is 1.